The number of hydrogen-bond acceptors (Lipinski definition) is 4. The average Bonchev–Trinajstić information content (AvgIpc) is 2.60. The molecule has 0 spiro atoms. The number of nitrogens with zero attached hydrogens (tertiary/aromatic N) is 1. The molecule has 2 amide bonds. The summed E-state index contributed by atoms with van der Waals surface area (Å²) in [4.78, 5) is 37.3. The molecule has 0 saturated carbocycles. The Bertz CT molecular complexity index is 899. The second kappa shape index (κ2) is 7.05. The molecular formula is C18H15ClN2O5. The van der Waals surface area contributed by atoms with E-state index in [0.29, 0.717) is 16.5 Å². The number of para-hydroxylation sites is 1. The molecule has 1 aliphatic rings. The second-order valence-electron chi connectivity index (χ2n) is 5.70. The van der Waals surface area contributed by atoms with E-state index in [-0.39, 0.29) is 17.8 Å². The zero-order valence-corrected chi connectivity index (χ0v) is 14.5. The first-order valence-corrected chi connectivity index (χ1v) is 8.14. The molecule has 1 unspecified atom stereocenters. The van der Waals surface area contributed by atoms with E-state index >= 15 is 0 Å². The van der Waals surface area contributed by atoms with Crippen LogP contribution < -0.4 is 15.0 Å². The van der Waals surface area contributed by atoms with E-state index < -0.39 is 23.9 Å². The quantitative estimate of drug-likeness (QED) is 0.857. The first kappa shape index (κ1) is 17.8. The van der Waals surface area contributed by atoms with Gasteiger partial charge in [-0.05, 0) is 37.3 Å². The van der Waals surface area contributed by atoms with E-state index in [1.165, 1.54) is 23.1 Å². The normalized spacial score (nSPS) is 15.8. The van der Waals surface area contributed by atoms with Crippen LogP contribution in [0, 0.1) is 0 Å². The fourth-order valence-electron chi connectivity index (χ4n) is 2.60. The lowest BCUT2D eigenvalue weighted by molar-refractivity contribution is -0.127. The van der Waals surface area contributed by atoms with E-state index in [0.717, 1.165) is 0 Å². The Labute approximate surface area is 154 Å². The van der Waals surface area contributed by atoms with Gasteiger partial charge in [0.15, 0.2) is 6.10 Å². The van der Waals surface area contributed by atoms with Crippen molar-refractivity contribution >= 4 is 40.8 Å². The monoisotopic (exact) mass is 374 g/mol. The van der Waals surface area contributed by atoms with Gasteiger partial charge >= 0.3 is 5.97 Å². The summed E-state index contributed by atoms with van der Waals surface area (Å²) >= 11 is 6.02. The van der Waals surface area contributed by atoms with Crippen LogP contribution >= 0.6 is 11.6 Å². The Morgan fingerprint density at radius 1 is 1.27 bits per heavy atom. The Balaban J connectivity index is 1.88. The van der Waals surface area contributed by atoms with Gasteiger partial charge in [-0.15, -0.1) is 0 Å². The lowest BCUT2D eigenvalue weighted by Crippen LogP contribution is -2.47. The highest BCUT2D eigenvalue weighted by Gasteiger charge is 2.33. The van der Waals surface area contributed by atoms with Crippen LogP contribution in [0.2, 0.25) is 5.02 Å². The largest absolute Gasteiger partial charge is 0.479 e. The standard InChI is InChI=1S/C18H15ClN2O5/c1-10-17(23)21(9-16(22)20-13-5-3-2-4-12(13)19)14-8-11(18(24)25)6-7-15(14)26-10/h2-8,10H,9H2,1H3,(H,20,22)(H,24,25). The lowest BCUT2D eigenvalue weighted by Gasteiger charge is -2.32. The van der Waals surface area contributed by atoms with Gasteiger partial charge in [0, 0.05) is 0 Å². The molecule has 2 aromatic rings. The number of amides is 2. The van der Waals surface area contributed by atoms with Crippen molar-refractivity contribution in [1.29, 1.82) is 0 Å². The highest BCUT2D eigenvalue weighted by Crippen LogP contribution is 2.35. The van der Waals surface area contributed by atoms with Gasteiger partial charge in [0.05, 0.1) is 22.0 Å². The first-order valence-electron chi connectivity index (χ1n) is 7.76. The fraction of sp³-hybridized carbons (Fsp3) is 0.167. The van der Waals surface area contributed by atoms with Crippen LogP contribution in [-0.2, 0) is 9.59 Å². The molecule has 2 N–H and O–H groups in total. The molecule has 26 heavy (non-hydrogen) atoms. The number of fused-ring (bicyclic) bond motifs is 1. The van der Waals surface area contributed by atoms with Crippen LogP contribution in [0.5, 0.6) is 5.75 Å². The topological polar surface area (TPSA) is 95.9 Å². The van der Waals surface area contributed by atoms with E-state index in [2.05, 4.69) is 5.32 Å². The molecule has 0 saturated heterocycles. The van der Waals surface area contributed by atoms with Gasteiger partial charge in [-0.2, -0.15) is 0 Å². The van der Waals surface area contributed by atoms with Crippen LogP contribution in [0.15, 0.2) is 42.5 Å². The summed E-state index contributed by atoms with van der Waals surface area (Å²) in [5.41, 5.74) is 0.654. The zero-order valence-electron chi connectivity index (χ0n) is 13.7. The van der Waals surface area contributed by atoms with Crippen molar-refractivity contribution in [3.8, 4) is 5.75 Å². The van der Waals surface area contributed by atoms with Gasteiger partial charge in [0.2, 0.25) is 5.91 Å². The van der Waals surface area contributed by atoms with Gasteiger partial charge in [-0.3, -0.25) is 14.5 Å². The molecule has 3 rings (SSSR count). The molecule has 1 aliphatic heterocycles. The van der Waals surface area contributed by atoms with Gasteiger partial charge in [-0.1, -0.05) is 23.7 Å². The molecule has 7 nitrogen and oxygen atoms in total. The number of rotatable bonds is 4. The molecule has 0 aliphatic carbocycles. The van der Waals surface area contributed by atoms with E-state index in [1.807, 2.05) is 0 Å². The Morgan fingerprint density at radius 3 is 2.69 bits per heavy atom. The number of anilines is 2. The molecule has 1 heterocycles. The van der Waals surface area contributed by atoms with Crippen LogP contribution in [0.25, 0.3) is 0 Å². The maximum absolute atomic E-state index is 12.5. The number of carboxylic acid groups (broad SMARTS) is 1. The number of halogens is 1. The van der Waals surface area contributed by atoms with Crippen molar-refractivity contribution in [2.75, 3.05) is 16.8 Å². The zero-order chi connectivity index (χ0) is 18.8. The number of hydrogen-bond donors (Lipinski definition) is 2. The first-order chi connectivity index (χ1) is 12.4. The molecule has 0 aromatic heterocycles. The van der Waals surface area contributed by atoms with Crippen LogP contribution in [-0.4, -0.2) is 35.5 Å². The van der Waals surface area contributed by atoms with Crippen molar-refractivity contribution in [1.82, 2.24) is 0 Å². The predicted octanol–water partition coefficient (Wildman–Crippen LogP) is 2.79. The van der Waals surface area contributed by atoms with E-state index in [1.54, 1.807) is 31.2 Å². The maximum Gasteiger partial charge on any atom is 0.335 e. The van der Waals surface area contributed by atoms with E-state index in [4.69, 9.17) is 21.4 Å². The summed E-state index contributed by atoms with van der Waals surface area (Å²) in [5, 5.41) is 12.2. The van der Waals surface area contributed by atoms with Gasteiger partial charge in [-0.25, -0.2) is 4.79 Å². The molecule has 134 valence electrons. The van der Waals surface area contributed by atoms with Gasteiger partial charge < -0.3 is 15.2 Å². The number of benzene rings is 2. The highest BCUT2D eigenvalue weighted by molar-refractivity contribution is 6.33. The summed E-state index contributed by atoms with van der Waals surface area (Å²) in [7, 11) is 0. The number of carbonyl (C=O) groups is 3. The third-order valence-electron chi connectivity index (χ3n) is 3.86. The van der Waals surface area contributed by atoms with E-state index in [9.17, 15) is 14.4 Å². The summed E-state index contributed by atoms with van der Waals surface area (Å²) in [5.74, 6) is -1.70. The molecule has 1 atom stereocenters. The summed E-state index contributed by atoms with van der Waals surface area (Å²) < 4.78 is 5.49. The van der Waals surface area contributed by atoms with Gasteiger partial charge in [0.1, 0.15) is 12.3 Å². The Hall–Kier alpha value is -3.06. The Morgan fingerprint density at radius 2 is 2.00 bits per heavy atom. The second-order valence-corrected chi connectivity index (χ2v) is 6.11. The molecule has 0 radical (unpaired) electrons. The number of carbonyl (C=O) groups excluding carboxylic acids is 2. The minimum absolute atomic E-state index is 0.00813. The molecular weight excluding hydrogens is 360 g/mol. The van der Waals surface area contributed by atoms with Crippen molar-refractivity contribution in [2.24, 2.45) is 0 Å². The minimum atomic E-state index is -1.14. The third kappa shape index (κ3) is 3.48. The minimum Gasteiger partial charge on any atom is -0.479 e. The smallest absolute Gasteiger partial charge is 0.335 e. The average molecular weight is 375 g/mol. The lowest BCUT2D eigenvalue weighted by atomic mass is 10.1. The molecule has 2 aromatic carbocycles. The fourth-order valence-corrected chi connectivity index (χ4v) is 2.78. The van der Waals surface area contributed by atoms with Crippen molar-refractivity contribution < 1.29 is 24.2 Å². The number of ether oxygens (including phenoxy) is 1. The summed E-state index contributed by atoms with van der Waals surface area (Å²) in [6.07, 6.45) is -0.786. The number of carboxylic acids is 1. The SMILES string of the molecule is CC1Oc2ccc(C(=O)O)cc2N(CC(=O)Nc2ccccc2Cl)C1=O. The van der Waals surface area contributed by atoms with Crippen LogP contribution in [0.4, 0.5) is 11.4 Å². The molecule has 0 bridgehead atoms. The van der Waals surface area contributed by atoms with Crippen molar-refractivity contribution in [3.05, 3.63) is 53.1 Å². The molecule has 0 fully saturated rings. The highest BCUT2D eigenvalue weighted by atomic mass is 35.5. The summed E-state index contributed by atoms with van der Waals surface area (Å²) in [6, 6.07) is 10.9. The van der Waals surface area contributed by atoms with Crippen molar-refractivity contribution in [3.63, 3.8) is 0 Å². The number of nitrogens with one attached hydrogen (secondary N) is 1. The Kier molecular flexibility index (Phi) is 4.81. The predicted molar refractivity (Wildman–Crippen MR) is 95.9 cm³/mol. The number of aromatic carboxylic acids is 1. The van der Waals surface area contributed by atoms with Crippen LogP contribution in [0.1, 0.15) is 17.3 Å². The summed E-state index contributed by atoms with van der Waals surface area (Å²) in [6.45, 7) is 1.27. The maximum atomic E-state index is 12.5. The third-order valence-corrected chi connectivity index (χ3v) is 4.19. The van der Waals surface area contributed by atoms with Crippen molar-refractivity contribution in [2.45, 2.75) is 13.0 Å². The molecule has 8 heteroatoms. The van der Waals surface area contributed by atoms with Crippen LogP contribution in [0.3, 0.4) is 0 Å². The van der Waals surface area contributed by atoms with Gasteiger partial charge in [0.25, 0.3) is 5.91 Å².